The number of rotatable bonds is 6. The summed E-state index contributed by atoms with van der Waals surface area (Å²) in [5, 5.41) is 3.70. The van der Waals surface area contributed by atoms with E-state index in [0.29, 0.717) is 0 Å². The molecule has 0 spiro atoms. The number of hydrogen-bond acceptors (Lipinski definition) is 2. The lowest BCUT2D eigenvalue weighted by Gasteiger charge is -2.20. The van der Waals surface area contributed by atoms with E-state index in [-0.39, 0.29) is 6.04 Å². The van der Waals surface area contributed by atoms with Crippen LogP contribution in [0.1, 0.15) is 49.4 Å². The van der Waals surface area contributed by atoms with Crippen LogP contribution >= 0.6 is 0 Å². The molecule has 0 aliphatic heterocycles. The van der Waals surface area contributed by atoms with Gasteiger partial charge in [0.15, 0.2) is 0 Å². The number of nitrogens with zero attached hydrogens (tertiary/aromatic N) is 1. The molecule has 3 rings (SSSR count). The normalized spacial score (nSPS) is 16.1. The highest BCUT2D eigenvalue weighted by atomic mass is 14.9. The largest absolute Gasteiger partial charge is 0.305 e. The van der Waals surface area contributed by atoms with Gasteiger partial charge in [0.25, 0.3) is 0 Å². The van der Waals surface area contributed by atoms with Crippen LogP contribution in [-0.2, 0) is 0 Å². The fourth-order valence-corrected chi connectivity index (χ4v) is 3.09. The Kier molecular flexibility index (Phi) is 5.38. The fraction of sp³-hybridized carbons (Fsp3) is 0.350. The van der Waals surface area contributed by atoms with Crippen LogP contribution in [0.2, 0.25) is 0 Å². The van der Waals surface area contributed by atoms with Crippen LogP contribution in [0.4, 0.5) is 0 Å². The van der Waals surface area contributed by atoms with Crippen molar-refractivity contribution in [3.63, 3.8) is 0 Å². The van der Waals surface area contributed by atoms with Gasteiger partial charge in [0, 0.05) is 6.20 Å². The van der Waals surface area contributed by atoms with Gasteiger partial charge in [0.2, 0.25) is 0 Å². The molecule has 0 bridgehead atoms. The summed E-state index contributed by atoms with van der Waals surface area (Å²) >= 11 is 0. The molecule has 1 aromatic carbocycles. The molecule has 2 nitrogen and oxygen atoms in total. The van der Waals surface area contributed by atoms with Crippen molar-refractivity contribution < 1.29 is 0 Å². The third kappa shape index (κ3) is 4.05. The molecule has 0 fully saturated rings. The smallest absolute Gasteiger partial charge is 0.0751 e. The molecule has 2 heteroatoms. The van der Waals surface area contributed by atoms with E-state index >= 15 is 0 Å². The van der Waals surface area contributed by atoms with Crippen LogP contribution < -0.4 is 5.32 Å². The van der Waals surface area contributed by atoms with Gasteiger partial charge < -0.3 is 5.32 Å². The first kappa shape index (κ1) is 15.0. The van der Waals surface area contributed by atoms with Crippen molar-refractivity contribution in [2.75, 3.05) is 6.54 Å². The number of aromatic nitrogens is 1. The summed E-state index contributed by atoms with van der Waals surface area (Å²) in [5.41, 5.74) is 3.98. The van der Waals surface area contributed by atoms with E-state index in [0.717, 1.165) is 18.7 Å². The molecule has 22 heavy (non-hydrogen) atoms. The molecule has 0 radical (unpaired) electrons. The second kappa shape index (κ2) is 7.90. The van der Waals surface area contributed by atoms with Crippen molar-refractivity contribution in [3.05, 3.63) is 77.6 Å². The van der Waals surface area contributed by atoms with Crippen molar-refractivity contribution >= 4 is 0 Å². The Morgan fingerprint density at radius 1 is 1.00 bits per heavy atom. The Bertz CT molecular complexity index is 550. The van der Waals surface area contributed by atoms with Gasteiger partial charge in [-0.3, -0.25) is 4.98 Å². The van der Waals surface area contributed by atoms with Crippen LogP contribution in [0.3, 0.4) is 0 Å². The summed E-state index contributed by atoms with van der Waals surface area (Å²) in [6.07, 6.45) is 10.7. The van der Waals surface area contributed by atoms with Crippen LogP contribution in [0.25, 0.3) is 0 Å². The first-order valence-corrected chi connectivity index (χ1v) is 8.30. The minimum atomic E-state index is 0.173. The van der Waals surface area contributed by atoms with Crippen LogP contribution in [0.5, 0.6) is 0 Å². The molecule has 0 saturated carbocycles. The van der Waals surface area contributed by atoms with E-state index in [1.807, 2.05) is 12.3 Å². The third-order valence-corrected chi connectivity index (χ3v) is 4.30. The standard InChI is InChI=1S/C20H24N2/c1-3-9-17(10-4-1)14-16-22-20(18-11-5-2-6-12-18)19-13-7-8-15-21-19/h2,5-9,11-13,15,20,22H,1,3-4,10,14,16H2. The average Bonchev–Trinajstić information content (AvgIpc) is 2.61. The summed E-state index contributed by atoms with van der Waals surface area (Å²) in [5.74, 6) is 0. The van der Waals surface area contributed by atoms with Crippen molar-refractivity contribution in [1.29, 1.82) is 0 Å². The number of allylic oxidation sites excluding steroid dienone is 1. The van der Waals surface area contributed by atoms with Crippen LogP contribution in [0, 0.1) is 0 Å². The molecule has 0 saturated heterocycles. The number of hydrogen-bond donors (Lipinski definition) is 1. The molecule has 114 valence electrons. The fourth-order valence-electron chi connectivity index (χ4n) is 3.09. The van der Waals surface area contributed by atoms with Crippen LogP contribution in [-0.4, -0.2) is 11.5 Å². The Morgan fingerprint density at radius 3 is 2.59 bits per heavy atom. The van der Waals surface area contributed by atoms with Gasteiger partial charge in [-0.2, -0.15) is 0 Å². The number of benzene rings is 1. The predicted octanol–water partition coefficient (Wildman–Crippen LogP) is 4.65. The molecule has 1 aliphatic carbocycles. The Labute approximate surface area is 133 Å². The summed E-state index contributed by atoms with van der Waals surface area (Å²) in [4.78, 5) is 4.54. The molecule has 1 atom stereocenters. The molecule has 1 aliphatic rings. The van der Waals surface area contributed by atoms with Crippen LogP contribution in [0.15, 0.2) is 66.4 Å². The van der Waals surface area contributed by atoms with Crippen molar-refractivity contribution in [2.45, 2.75) is 38.1 Å². The lowest BCUT2D eigenvalue weighted by atomic mass is 9.97. The average molecular weight is 292 g/mol. The minimum absolute atomic E-state index is 0.173. The van der Waals surface area contributed by atoms with Gasteiger partial charge in [-0.05, 0) is 56.3 Å². The van der Waals surface area contributed by atoms with E-state index in [2.05, 4.69) is 58.8 Å². The van der Waals surface area contributed by atoms with Gasteiger partial charge in [-0.25, -0.2) is 0 Å². The summed E-state index contributed by atoms with van der Waals surface area (Å²) < 4.78 is 0. The Hall–Kier alpha value is -1.93. The number of pyridine rings is 1. The van der Waals surface area contributed by atoms with Gasteiger partial charge in [0.05, 0.1) is 11.7 Å². The molecular weight excluding hydrogens is 268 g/mol. The van der Waals surface area contributed by atoms with E-state index in [9.17, 15) is 0 Å². The lowest BCUT2D eigenvalue weighted by molar-refractivity contribution is 0.576. The molecule has 0 amide bonds. The zero-order valence-corrected chi connectivity index (χ0v) is 13.0. The van der Waals surface area contributed by atoms with Crippen molar-refractivity contribution in [3.8, 4) is 0 Å². The quantitative estimate of drug-likeness (QED) is 0.784. The van der Waals surface area contributed by atoms with Gasteiger partial charge in [-0.1, -0.05) is 48.0 Å². The first-order chi connectivity index (χ1) is 10.9. The van der Waals surface area contributed by atoms with E-state index in [4.69, 9.17) is 0 Å². The molecule has 1 N–H and O–H groups in total. The second-order valence-electron chi connectivity index (χ2n) is 5.91. The summed E-state index contributed by atoms with van der Waals surface area (Å²) in [6.45, 7) is 1.00. The van der Waals surface area contributed by atoms with Gasteiger partial charge in [-0.15, -0.1) is 0 Å². The predicted molar refractivity (Wildman–Crippen MR) is 91.7 cm³/mol. The topological polar surface area (TPSA) is 24.9 Å². The lowest BCUT2D eigenvalue weighted by Crippen LogP contribution is -2.24. The Balaban J connectivity index is 1.68. The van der Waals surface area contributed by atoms with Crippen molar-refractivity contribution in [1.82, 2.24) is 10.3 Å². The van der Waals surface area contributed by atoms with E-state index in [1.54, 1.807) is 5.57 Å². The van der Waals surface area contributed by atoms with Gasteiger partial charge >= 0.3 is 0 Å². The summed E-state index contributed by atoms with van der Waals surface area (Å²) in [6, 6.07) is 16.9. The number of nitrogens with one attached hydrogen (secondary N) is 1. The molecule has 2 aromatic rings. The monoisotopic (exact) mass is 292 g/mol. The van der Waals surface area contributed by atoms with E-state index < -0.39 is 0 Å². The van der Waals surface area contributed by atoms with Crippen molar-refractivity contribution in [2.24, 2.45) is 0 Å². The third-order valence-electron chi connectivity index (χ3n) is 4.30. The van der Waals surface area contributed by atoms with E-state index in [1.165, 1.54) is 31.2 Å². The maximum Gasteiger partial charge on any atom is 0.0751 e. The highest BCUT2D eigenvalue weighted by molar-refractivity contribution is 5.27. The SMILES string of the molecule is C1=C(CCNC(c2ccccc2)c2ccccn2)CCCC1. The minimum Gasteiger partial charge on any atom is -0.305 e. The zero-order chi connectivity index (χ0) is 15.0. The Morgan fingerprint density at radius 2 is 1.86 bits per heavy atom. The van der Waals surface area contributed by atoms with Gasteiger partial charge in [0.1, 0.15) is 0 Å². The highest BCUT2D eigenvalue weighted by Gasteiger charge is 2.14. The summed E-state index contributed by atoms with van der Waals surface area (Å²) in [7, 11) is 0. The maximum absolute atomic E-state index is 4.54. The molecule has 1 unspecified atom stereocenters. The second-order valence-corrected chi connectivity index (χ2v) is 5.91. The molecular formula is C20H24N2. The first-order valence-electron chi connectivity index (χ1n) is 8.30. The maximum atomic E-state index is 4.54. The zero-order valence-electron chi connectivity index (χ0n) is 13.0. The highest BCUT2D eigenvalue weighted by Crippen LogP contribution is 2.22. The molecule has 1 heterocycles. The molecule has 1 aromatic heterocycles.